The fourth-order valence-corrected chi connectivity index (χ4v) is 6.19. The van der Waals surface area contributed by atoms with E-state index in [1.807, 2.05) is 6.07 Å². The van der Waals surface area contributed by atoms with Gasteiger partial charge in [-0.3, -0.25) is 34.3 Å². The first-order valence-electron chi connectivity index (χ1n) is 13.5. The molecule has 0 aromatic heterocycles. The molecule has 232 valence electrons. The Bertz CT molecular complexity index is 1450. The fraction of sp³-hybridized carbons (Fsp3) is 0.310. The number of carboxylic acids is 1. The van der Waals surface area contributed by atoms with Crippen molar-refractivity contribution in [3.8, 4) is 0 Å². The molecule has 0 saturated carbocycles. The smallest absolute Gasteiger partial charge is 0.411 e. The van der Waals surface area contributed by atoms with Gasteiger partial charge in [-0.15, -0.1) is 0 Å². The molecule has 0 spiro atoms. The number of carbonyl (C=O) groups excluding carboxylic acids is 5. The standard InChI is InChI=1S/C29H30N4O9S2/c1-18-10-11-22(25(36)30-18)33-26(37)20-8-5-9-21(24(20)27(33)38)31-28(39)41-12-14-43-44-15-13-42-29(40)32(17-23(34)35)16-19-6-3-2-4-7-19/h2-9,22H,1,10-17H2,(H,30,36)(H,31,39)(H,34,35). The van der Waals surface area contributed by atoms with Crippen LogP contribution in [0, 0.1) is 0 Å². The number of anilines is 1. The van der Waals surface area contributed by atoms with Gasteiger partial charge < -0.3 is 19.9 Å². The first kappa shape index (κ1) is 32.4. The summed E-state index contributed by atoms with van der Waals surface area (Å²) in [5.74, 6) is -2.09. The summed E-state index contributed by atoms with van der Waals surface area (Å²) >= 11 is 0. The van der Waals surface area contributed by atoms with E-state index < -0.39 is 48.5 Å². The zero-order chi connectivity index (χ0) is 31.6. The summed E-state index contributed by atoms with van der Waals surface area (Å²) in [5, 5.41) is 14.2. The normalized spacial score (nSPS) is 15.8. The van der Waals surface area contributed by atoms with Crippen LogP contribution in [0.4, 0.5) is 15.3 Å². The van der Waals surface area contributed by atoms with Crippen LogP contribution in [-0.2, 0) is 25.6 Å². The number of nitrogens with zero attached hydrogens (tertiary/aromatic N) is 2. The molecule has 3 N–H and O–H groups in total. The molecule has 13 nitrogen and oxygen atoms in total. The van der Waals surface area contributed by atoms with Gasteiger partial charge in [0.2, 0.25) is 5.91 Å². The highest BCUT2D eigenvalue weighted by Gasteiger charge is 2.45. The molecule has 5 amide bonds. The summed E-state index contributed by atoms with van der Waals surface area (Å²) < 4.78 is 10.4. The van der Waals surface area contributed by atoms with Gasteiger partial charge in [-0.25, -0.2) is 9.59 Å². The van der Waals surface area contributed by atoms with Gasteiger partial charge in [-0.1, -0.05) is 64.6 Å². The van der Waals surface area contributed by atoms with E-state index in [2.05, 4.69) is 17.2 Å². The Morgan fingerprint density at radius 1 is 1.00 bits per heavy atom. The van der Waals surface area contributed by atoms with Crippen molar-refractivity contribution in [3.63, 3.8) is 0 Å². The number of imide groups is 1. The highest BCUT2D eigenvalue weighted by molar-refractivity contribution is 8.76. The van der Waals surface area contributed by atoms with Crippen molar-refractivity contribution in [2.24, 2.45) is 0 Å². The monoisotopic (exact) mass is 642 g/mol. The number of rotatable bonds is 13. The average molecular weight is 643 g/mol. The molecule has 2 aliphatic heterocycles. The van der Waals surface area contributed by atoms with Gasteiger partial charge in [-0.05, 0) is 30.5 Å². The van der Waals surface area contributed by atoms with Gasteiger partial charge in [0, 0.05) is 23.7 Å². The molecule has 15 heteroatoms. The quantitative estimate of drug-likeness (QED) is 0.165. The largest absolute Gasteiger partial charge is 0.480 e. The number of allylic oxidation sites excluding steroid dienone is 1. The third-order valence-corrected chi connectivity index (χ3v) is 8.83. The third kappa shape index (κ3) is 8.32. The van der Waals surface area contributed by atoms with Crippen LogP contribution in [0.2, 0.25) is 0 Å². The Kier molecular flexibility index (Phi) is 11.3. The van der Waals surface area contributed by atoms with E-state index >= 15 is 0 Å². The molecule has 2 aromatic carbocycles. The van der Waals surface area contributed by atoms with Crippen molar-refractivity contribution in [2.45, 2.75) is 25.4 Å². The van der Waals surface area contributed by atoms with Crippen molar-refractivity contribution in [1.29, 1.82) is 0 Å². The number of aliphatic carboxylic acids is 1. The molecule has 1 atom stereocenters. The van der Waals surface area contributed by atoms with E-state index in [9.17, 15) is 28.8 Å². The minimum absolute atomic E-state index is 0.00295. The predicted molar refractivity (Wildman–Crippen MR) is 163 cm³/mol. The van der Waals surface area contributed by atoms with Gasteiger partial charge in [0.25, 0.3) is 11.8 Å². The van der Waals surface area contributed by atoms with E-state index in [1.165, 1.54) is 39.8 Å². The number of hydrogen-bond donors (Lipinski definition) is 3. The van der Waals surface area contributed by atoms with Crippen LogP contribution < -0.4 is 10.6 Å². The maximum absolute atomic E-state index is 13.2. The SMILES string of the molecule is C=C1CCC(N2C(=O)c3cccc(NC(=O)OCCSSCCOC(=O)N(CC(=O)O)Cc4ccccc4)c3C2=O)C(=O)N1. The minimum Gasteiger partial charge on any atom is -0.480 e. The van der Waals surface area contributed by atoms with Gasteiger partial charge in [0.1, 0.15) is 25.8 Å². The van der Waals surface area contributed by atoms with Crippen LogP contribution in [0.1, 0.15) is 39.1 Å². The Morgan fingerprint density at radius 3 is 2.39 bits per heavy atom. The van der Waals surface area contributed by atoms with Crippen LogP contribution in [0.3, 0.4) is 0 Å². The lowest BCUT2D eigenvalue weighted by molar-refractivity contribution is -0.138. The molecule has 0 bridgehead atoms. The lowest BCUT2D eigenvalue weighted by atomic mass is 10.0. The third-order valence-electron chi connectivity index (χ3n) is 6.49. The minimum atomic E-state index is -1.15. The lowest BCUT2D eigenvalue weighted by Gasteiger charge is -2.29. The zero-order valence-corrected chi connectivity index (χ0v) is 25.1. The molecular formula is C29H30N4O9S2. The van der Waals surface area contributed by atoms with Gasteiger partial charge in [0.15, 0.2) is 0 Å². The van der Waals surface area contributed by atoms with Crippen LogP contribution in [0.25, 0.3) is 0 Å². The number of amides is 5. The summed E-state index contributed by atoms with van der Waals surface area (Å²) in [6, 6.07) is 12.5. The summed E-state index contributed by atoms with van der Waals surface area (Å²) in [6.45, 7) is 3.42. The molecular weight excluding hydrogens is 612 g/mol. The van der Waals surface area contributed by atoms with Gasteiger partial charge >= 0.3 is 18.2 Å². The molecule has 4 rings (SSSR count). The molecule has 0 radical (unpaired) electrons. The number of fused-ring (bicyclic) bond motifs is 1. The van der Waals surface area contributed by atoms with E-state index in [0.29, 0.717) is 23.6 Å². The maximum atomic E-state index is 13.2. The summed E-state index contributed by atoms with van der Waals surface area (Å²) in [7, 11) is 2.75. The van der Waals surface area contributed by atoms with Crippen LogP contribution in [0.15, 0.2) is 60.8 Å². The van der Waals surface area contributed by atoms with Crippen molar-refractivity contribution in [3.05, 3.63) is 77.5 Å². The molecule has 0 aliphatic carbocycles. The second-order valence-electron chi connectivity index (χ2n) is 9.61. The van der Waals surface area contributed by atoms with Crippen LogP contribution in [0.5, 0.6) is 0 Å². The number of nitrogens with one attached hydrogen (secondary N) is 2. The molecule has 1 saturated heterocycles. The number of ether oxygens (including phenoxy) is 2. The first-order valence-corrected chi connectivity index (χ1v) is 16.0. The van der Waals surface area contributed by atoms with Crippen molar-refractivity contribution in [1.82, 2.24) is 15.1 Å². The second-order valence-corrected chi connectivity index (χ2v) is 12.3. The van der Waals surface area contributed by atoms with Crippen molar-refractivity contribution >= 4 is 63.2 Å². The highest BCUT2D eigenvalue weighted by Crippen LogP contribution is 2.33. The Labute approximate surface area is 260 Å². The van der Waals surface area contributed by atoms with E-state index in [-0.39, 0.29) is 43.0 Å². The highest BCUT2D eigenvalue weighted by atomic mass is 33.1. The van der Waals surface area contributed by atoms with Crippen molar-refractivity contribution < 1.29 is 43.3 Å². The Balaban J connectivity index is 1.16. The zero-order valence-electron chi connectivity index (χ0n) is 23.5. The number of carbonyl (C=O) groups is 6. The maximum Gasteiger partial charge on any atom is 0.411 e. The lowest BCUT2D eigenvalue weighted by Crippen LogP contribution is -2.51. The van der Waals surface area contributed by atoms with Crippen LogP contribution >= 0.6 is 21.6 Å². The molecule has 1 unspecified atom stereocenters. The topological polar surface area (TPSA) is 172 Å². The van der Waals surface area contributed by atoms with Gasteiger partial charge in [-0.2, -0.15) is 0 Å². The van der Waals surface area contributed by atoms with E-state index in [1.54, 1.807) is 24.3 Å². The molecule has 2 heterocycles. The molecule has 44 heavy (non-hydrogen) atoms. The predicted octanol–water partition coefficient (Wildman–Crippen LogP) is 3.73. The van der Waals surface area contributed by atoms with Crippen molar-refractivity contribution in [2.75, 3.05) is 36.6 Å². The summed E-state index contributed by atoms with van der Waals surface area (Å²) in [5.41, 5.74) is 1.48. The van der Waals surface area contributed by atoms with Crippen LogP contribution in [-0.4, -0.2) is 88.1 Å². The summed E-state index contributed by atoms with van der Waals surface area (Å²) in [4.78, 5) is 76.5. The fourth-order valence-electron chi connectivity index (χ4n) is 4.54. The Morgan fingerprint density at radius 2 is 1.70 bits per heavy atom. The van der Waals surface area contributed by atoms with E-state index in [0.717, 1.165) is 15.4 Å². The second kappa shape index (κ2) is 15.3. The number of piperidine rings is 1. The number of benzene rings is 2. The molecule has 1 fully saturated rings. The van der Waals surface area contributed by atoms with Gasteiger partial charge in [0.05, 0.1) is 16.8 Å². The van der Waals surface area contributed by atoms with E-state index in [4.69, 9.17) is 14.6 Å². The average Bonchev–Trinajstić information content (AvgIpc) is 3.24. The summed E-state index contributed by atoms with van der Waals surface area (Å²) in [6.07, 6.45) is -0.856. The molecule has 2 aromatic rings. The first-order chi connectivity index (χ1) is 21.2. The Hall–Kier alpha value is -4.50. The molecule has 2 aliphatic rings. The number of hydrogen-bond acceptors (Lipinski definition) is 10. The number of carboxylic acid groups (broad SMARTS) is 1.